The van der Waals surface area contributed by atoms with Crippen LogP contribution in [0.25, 0.3) is 16.9 Å². The van der Waals surface area contributed by atoms with Crippen molar-refractivity contribution in [3.63, 3.8) is 0 Å². The molecule has 1 amide bonds. The fraction of sp³-hybridized carbons (Fsp3) is 0.269. The van der Waals surface area contributed by atoms with Crippen LogP contribution in [0.2, 0.25) is 0 Å². The van der Waals surface area contributed by atoms with Crippen molar-refractivity contribution in [2.45, 2.75) is 19.6 Å². The van der Waals surface area contributed by atoms with Gasteiger partial charge in [0.2, 0.25) is 0 Å². The van der Waals surface area contributed by atoms with Gasteiger partial charge in [0.15, 0.2) is 11.5 Å². The number of hydrogen-bond acceptors (Lipinski definition) is 7. The summed E-state index contributed by atoms with van der Waals surface area (Å²) in [5.41, 5.74) is 4.30. The Labute approximate surface area is 211 Å². The number of amides is 1. The number of hydrogen-bond donors (Lipinski definition) is 3. The highest BCUT2D eigenvalue weighted by molar-refractivity contribution is 5.96. The normalized spacial score (nSPS) is 15.6. The number of ether oxygens (including phenoxy) is 2. The topological polar surface area (TPSA) is 102 Å². The lowest BCUT2D eigenvalue weighted by molar-refractivity contribution is -0.0498. The number of rotatable bonds is 8. The third-order valence-electron chi connectivity index (χ3n) is 6.03. The monoisotopic (exact) mass is 508 g/mol. The lowest BCUT2D eigenvalue weighted by atomic mass is 10.1. The molecule has 2 aromatic heterocycles. The number of carbonyl (C=O) groups excluding carboxylic acids is 1. The van der Waals surface area contributed by atoms with Gasteiger partial charge in [-0.25, -0.2) is 9.97 Å². The Hall–Kier alpha value is -4.09. The summed E-state index contributed by atoms with van der Waals surface area (Å²) in [4.78, 5) is 21.6. The van der Waals surface area contributed by atoms with Gasteiger partial charge in [-0.15, -0.1) is 0 Å². The van der Waals surface area contributed by atoms with Crippen LogP contribution in [0.5, 0.6) is 5.75 Å². The Kier molecular flexibility index (Phi) is 7.24. The summed E-state index contributed by atoms with van der Waals surface area (Å²) in [6.45, 7) is 1.63. The van der Waals surface area contributed by atoms with Crippen molar-refractivity contribution >= 4 is 23.1 Å². The van der Waals surface area contributed by atoms with Crippen LogP contribution in [0, 0.1) is 6.92 Å². The van der Waals surface area contributed by atoms with E-state index >= 15 is 0 Å². The molecule has 0 radical (unpaired) electrons. The molecule has 0 aliphatic carbocycles. The summed E-state index contributed by atoms with van der Waals surface area (Å²) < 4.78 is 36.8. The summed E-state index contributed by atoms with van der Waals surface area (Å²) in [6.07, 6.45) is 5.08. The molecule has 0 bridgehead atoms. The van der Waals surface area contributed by atoms with Crippen molar-refractivity contribution in [2.75, 3.05) is 31.6 Å². The van der Waals surface area contributed by atoms with Gasteiger partial charge in [0, 0.05) is 48.8 Å². The van der Waals surface area contributed by atoms with Crippen LogP contribution in [0.3, 0.4) is 0 Å². The smallest absolute Gasteiger partial charge is 0.387 e. The largest absolute Gasteiger partial charge is 0.435 e. The zero-order valence-corrected chi connectivity index (χ0v) is 20.1. The summed E-state index contributed by atoms with van der Waals surface area (Å²) >= 11 is 0. The molecule has 0 saturated carbocycles. The van der Waals surface area contributed by atoms with Crippen molar-refractivity contribution in [1.82, 2.24) is 25.0 Å². The van der Waals surface area contributed by atoms with E-state index in [9.17, 15) is 13.6 Å². The standard InChI is InChI=1S/C26H26F2N6O3/c1-16-12-18(4-7-21(16)25(35)32-14-20-13-29-9-11-36-20)33-23-24-31-15-22(34(24)10-8-30-23)17-2-5-19(6-3-17)37-26(27)28/h2-8,10,12,15,20,26,29H,9,11,13-14H2,1H3,(H,30,33)(H,32,35). The van der Waals surface area contributed by atoms with Crippen LogP contribution in [-0.4, -0.2) is 59.2 Å². The molecule has 5 rings (SSSR count). The van der Waals surface area contributed by atoms with Gasteiger partial charge < -0.3 is 25.4 Å². The Bertz CT molecular complexity index is 1390. The van der Waals surface area contributed by atoms with Gasteiger partial charge in [0.25, 0.3) is 5.91 Å². The predicted octanol–water partition coefficient (Wildman–Crippen LogP) is 3.77. The molecule has 37 heavy (non-hydrogen) atoms. The van der Waals surface area contributed by atoms with Crippen molar-refractivity contribution in [3.05, 3.63) is 72.2 Å². The maximum Gasteiger partial charge on any atom is 0.387 e. The van der Waals surface area contributed by atoms with Crippen molar-refractivity contribution in [2.24, 2.45) is 0 Å². The number of alkyl halides is 2. The summed E-state index contributed by atoms with van der Waals surface area (Å²) in [7, 11) is 0. The highest BCUT2D eigenvalue weighted by atomic mass is 19.3. The number of carbonyl (C=O) groups is 1. The molecule has 4 aromatic rings. The highest BCUT2D eigenvalue weighted by Gasteiger charge is 2.17. The van der Waals surface area contributed by atoms with Crippen molar-refractivity contribution in [1.29, 1.82) is 0 Å². The molecular formula is C26H26F2N6O3. The quantitative estimate of drug-likeness (QED) is 0.333. The molecule has 3 N–H and O–H groups in total. The second kappa shape index (κ2) is 10.9. The minimum absolute atomic E-state index is 0.0335. The van der Waals surface area contributed by atoms with Crippen LogP contribution in [0.4, 0.5) is 20.3 Å². The van der Waals surface area contributed by atoms with E-state index in [1.165, 1.54) is 12.1 Å². The minimum Gasteiger partial charge on any atom is -0.435 e. The van der Waals surface area contributed by atoms with E-state index in [1.54, 1.807) is 36.8 Å². The highest BCUT2D eigenvalue weighted by Crippen LogP contribution is 2.27. The van der Waals surface area contributed by atoms with E-state index in [4.69, 9.17) is 4.74 Å². The lowest BCUT2D eigenvalue weighted by Gasteiger charge is -2.23. The average Bonchev–Trinajstić information content (AvgIpc) is 3.33. The van der Waals surface area contributed by atoms with Gasteiger partial charge in [-0.1, -0.05) is 0 Å². The van der Waals surface area contributed by atoms with Crippen LogP contribution in [-0.2, 0) is 4.74 Å². The third kappa shape index (κ3) is 5.68. The number of aryl methyl sites for hydroxylation is 1. The van der Waals surface area contributed by atoms with Crippen LogP contribution < -0.4 is 20.7 Å². The lowest BCUT2D eigenvalue weighted by Crippen LogP contribution is -2.45. The Morgan fingerprint density at radius 2 is 2.08 bits per heavy atom. The fourth-order valence-electron chi connectivity index (χ4n) is 4.21. The van der Waals surface area contributed by atoms with E-state index in [0.717, 1.165) is 29.1 Å². The van der Waals surface area contributed by atoms with Crippen LogP contribution in [0.15, 0.2) is 61.1 Å². The van der Waals surface area contributed by atoms with Gasteiger partial charge in [-0.2, -0.15) is 8.78 Å². The maximum absolute atomic E-state index is 12.7. The molecule has 1 aliphatic rings. The Morgan fingerprint density at radius 1 is 1.24 bits per heavy atom. The molecule has 11 heteroatoms. The molecule has 1 atom stereocenters. The molecular weight excluding hydrogens is 482 g/mol. The number of halogens is 2. The van der Waals surface area contributed by atoms with Crippen LogP contribution in [0.1, 0.15) is 15.9 Å². The van der Waals surface area contributed by atoms with Crippen LogP contribution >= 0.6 is 0 Å². The predicted molar refractivity (Wildman–Crippen MR) is 134 cm³/mol. The first-order valence-corrected chi connectivity index (χ1v) is 11.8. The number of anilines is 2. The summed E-state index contributed by atoms with van der Waals surface area (Å²) in [6, 6.07) is 11.8. The van der Waals surface area contributed by atoms with E-state index < -0.39 is 6.61 Å². The minimum atomic E-state index is -2.87. The maximum atomic E-state index is 12.7. The number of nitrogens with one attached hydrogen (secondary N) is 3. The average molecular weight is 509 g/mol. The van der Waals surface area contributed by atoms with Gasteiger partial charge in [0.05, 0.1) is 24.6 Å². The molecule has 192 valence electrons. The van der Waals surface area contributed by atoms with E-state index in [0.29, 0.717) is 36.7 Å². The number of nitrogens with zero attached hydrogens (tertiary/aromatic N) is 3. The second-order valence-electron chi connectivity index (χ2n) is 8.58. The molecule has 9 nitrogen and oxygen atoms in total. The SMILES string of the molecule is Cc1cc(Nc2nccn3c(-c4ccc(OC(F)F)cc4)cnc23)ccc1C(=O)NCC1CNCCO1. The number of imidazole rings is 1. The van der Waals surface area contributed by atoms with Gasteiger partial charge >= 0.3 is 6.61 Å². The summed E-state index contributed by atoms with van der Waals surface area (Å²) in [5.74, 6) is 0.467. The van der Waals surface area contributed by atoms with Crippen molar-refractivity contribution in [3.8, 4) is 17.0 Å². The molecule has 3 heterocycles. The number of fused-ring (bicyclic) bond motifs is 1. The fourth-order valence-corrected chi connectivity index (χ4v) is 4.21. The summed E-state index contributed by atoms with van der Waals surface area (Å²) in [5, 5.41) is 9.46. The Balaban J connectivity index is 1.30. The second-order valence-corrected chi connectivity index (χ2v) is 8.58. The molecule has 1 unspecified atom stereocenters. The van der Waals surface area contributed by atoms with Gasteiger partial charge in [-0.05, 0) is 55.0 Å². The Morgan fingerprint density at radius 3 is 2.81 bits per heavy atom. The van der Waals surface area contributed by atoms with E-state index in [2.05, 4.69) is 30.7 Å². The first-order chi connectivity index (χ1) is 18.0. The van der Waals surface area contributed by atoms with E-state index in [-0.39, 0.29) is 17.8 Å². The molecule has 1 aliphatic heterocycles. The number of morpholine rings is 1. The molecule has 0 spiro atoms. The third-order valence-corrected chi connectivity index (χ3v) is 6.03. The number of benzene rings is 2. The van der Waals surface area contributed by atoms with E-state index in [1.807, 2.05) is 23.5 Å². The van der Waals surface area contributed by atoms with Crippen molar-refractivity contribution < 1.29 is 23.0 Å². The first-order valence-electron chi connectivity index (χ1n) is 11.8. The molecule has 1 saturated heterocycles. The zero-order valence-electron chi connectivity index (χ0n) is 20.1. The molecule has 1 fully saturated rings. The first kappa shape index (κ1) is 24.6. The van der Waals surface area contributed by atoms with Gasteiger partial charge in [-0.3, -0.25) is 9.20 Å². The number of aromatic nitrogens is 3. The van der Waals surface area contributed by atoms with Gasteiger partial charge in [0.1, 0.15) is 5.75 Å². The molecule has 2 aromatic carbocycles. The zero-order chi connectivity index (χ0) is 25.8.